The van der Waals surface area contributed by atoms with Crippen molar-refractivity contribution in [2.45, 2.75) is 19.9 Å². The number of pyridine rings is 1. The van der Waals surface area contributed by atoms with Crippen LogP contribution in [-0.4, -0.2) is 52.2 Å². The first-order valence-corrected chi connectivity index (χ1v) is 9.57. The smallest absolute Gasteiger partial charge is 0.272 e. The lowest BCUT2D eigenvalue weighted by Gasteiger charge is -2.35. The van der Waals surface area contributed by atoms with E-state index in [9.17, 15) is 4.79 Å². The Labute approximate surface area is 159 Å². The zero-order chi connectivity index (χ0) is 18.6. The molecule has 1 aliphatic heterocycles. The monoisotopic (exact) mass is 363 g/mol. The minimum absolute atomic E-state index is 0.0219. The van der Waals surface area contributed by atoms with Crippen molar-refractivity contribution in [1.29, 1.82) is 0 Å². The minimum atomic E-state index is 0.0219. The quantitative estimate of drug-likeness (QED) is 0.696. The summed E-state index contributed by atoms with van der Waals surface area (Å²) in [6, 6.07) is 13.9. The second-order valence-corrected chi connectivity index (χ2v) is 7.01. The summed E-state index contributed by atoms with van der Waals surface area (Å²) in [7, 11) is 0. The molecule has 3 aromatic rings. The molecule has 6 heteroatoms. The molecule has 0 aliphatic carbocycles. The SMILES string of the molecule is Cc1nc2ccccc2n(CCCN2CCN(c3ccccn3)CC2)c1=O. The van der Waals surface area contributed by atoms with E-state index in [-0.39, 0.29) is 5.56 Å². The van der Waals surface area contributed by atoms with Gasteiger partial charge in [0.25, 0.3) is 5.56 Å². The lowest BCUT2D eigenvalue weighted by Crippen LogP contribution is -2.47. The predicted octanol–water partition coefficient (Wildman–Crippen LogP) is 2.31. The molecule has 4 rings (SSSR count). The van der Waals surface area contributed by atoms with Crippen molar-refractivity contribution >= 4 is 16.9 Å². The lowest BCUT2D eigenvalue weighted by molar-refractivity contribution is 0.250. The van der Waals surface area contributed by atoms with E-state index >= 15 is 0 Å². The van der Waals surface area contributed by atoms with Crippen LogP contribution in [0.25, 0.3) is 11.0 Å². The maximum Gasteiger partial charge on any atom is 0.272 e. The van der Waals surface area contributed by atoms with Gasteiger partial charge in [0.15, 0.2) is 0 Å². The molecule has 2 aromatic heterocycles. The zero-order valence-corrected chi connectivity index (χ0v) is 15.7. The van der Waals surface area contributed by atoms with Crippen molar-refractivity contribution in [2.24, 2.45) is 0 Å². The Balaban J connectivity index is 1.35. The zero-order valence-electron chi connectivity index (χ0n) is 15.7. The normalized spacial score (nSPS) is 15.4. The number of aryl methyl sites for hydroxylation is 2. The van der Waals surface area contributed by atoms with Gasteiger partial charge >= 0.3 is 0 Å². The average molecular weight is 363 g/mol. The van der Waals surface area contributed by atoms with Crippen LogP contribution in [0.1, 0.15) is 12.1 Å². The second kappa shape index (κ2) is 7.88. The standard InChI is InChI=1S/C21H25N5O/c1-17-21(27)26(19-8-3-2-7-18(19)23-17)12-6-11-24-13-15-25(16-14-24)20-9-4-5-10-22-20/h2-5,7-10H,6,11-16H2,1H3. The van der Waals surface area contributed by atoms with Crippen LogP contribution in [0.5, 0.6) is 0 Å². The molecular formula is C21H25N5O. The van der Waals surface area contributed by atoms with E-state index in [4.69, 9.17) is 0 Å². The highest BCUT2D eigenvalue weighted by atomic mass is 16.1. The van der Waals surface area contributed by atoms with E-state index < -0.39 is 0 Å². The Kier molecular flexibility index (Phi) is 5.16. The van der Waals surface area contributed by atoms with Crippen LogP contribution in [0, 0.1) is 6.92 Å². The molecule has 27 heavy (non-hydrogen) atoms. The first-order valence-electron chi connectivity index (χ1n) is 9.57. The van der Waals surface area contributed by atoms with Gasteiger partial charge in [-0.25, -0.2) is 9.97 Å². The molecule has 140 valence electrons. The van der Waals surface area contributed by atoms with E-state index in [0.717, 1.165) is 62.5 Å². The molecular weight excluding hydrogens is 338 g/mol. The Hall–Kier alpha value is -2.73. The summed E-state index contributed by atoms with van der Waals surface area (Å²) in [5.41, 5.74) is 2.40. The average Bonchev–Trinajstić information content (AvgIpc) is 2.72. The van der Waals surface area contributed by atoms with Crippen molar-refractivity contribution < 1.29 is 0 Å². The van der Waals surface area contributed by atoms with E-state index in [2.05, 4.69) is 25.8 Å². The summed E-state index contributed by atoms with van der Waals surface area (Å²) >= 11 is 0. The van der Waals surface area contributed by atoms with Crippen LogP contribution >= 0.6 is 0 Å². The Morgan fingerprint density at radius 2 is 1.74 bits per heavy atom. The Morgan fingerprint density at radius 1 is 0.963 bits per heavy atom. The van der Waals surface area contributed by atoms with Crippen LogP contribution in [-0.2, 0) is 6.54 Å². The third-order valence-electron chi connectivity index (χ3n) is 5.22. The molecule has 0 unspecified atom stereocenters. The first-order chi connectivity index (χ1) is 13.2. The van der Waals surface area contributed by atoms with Gasteiger partial charge in [-0.2, -0.15) is 0 Å². The summed E-state index contributed by atoms with van der Waals surface area (Å²) in [6.45, 7) is 7.56. The number of rotatable bonds is 5. The predicted molar refractivity (Wildman–Crippen MR) is 108 cm³/mol. The van der Waals surface area contributed by atoms with Gasteiger partial charge in [-0.1, -0.05) is 18.2 Å². The van der Waals surface area contributed by atoms with Crippen molar-refractivity contribution in [3.8, 4) is 0 Å². The highest BCUT2D eigenvalue weighted by Crippen LogP contribution is 2.13. The fourth-order valence-corrected chi connectivity index (χ4v) is 3.74. The molecule has 0 bridgehead atoms. The van der Waals surface area contributed by atoms with Gasteiger partial charge in [-0.3, -0.25) is 9.69 Å². The maximum absolute atomic E-state index is 12.5. The number of benzene rings is 1. The number of fused-ring (bicyclic) bond motifs is 1. The molecule has 3 heterocycles. The van der Waals surface area contributed by atoms with E-state index in [1.54, 1.807) is 6.92 Å². The Morgan fingerprint density at radius 3 is 2.52 bits per heavy atom. The number of aromatic nitrogens is 3. The molecule has 0 N–H and O–H groups in total. The highest BCUT2D eigenvalue weighted by Gasteiger charge is 2.17. The minimum Gasteiger partial charge on any atom is -0.354 e. The molecule has 1 fully saturated rings. The van der Waals surface area contributed by atoms with E-state index in [0.29, 0.717) is 5.69 Å². The van der Waals surface area contributed by atoms with Gasteiger partial charge in [-0.15, -0.1) is 0 Å². The van der Waals surface area contributed by atoms with Gasteiger partial charge in [0, 0.05) is 38.9 Å². The molecule has 0 amide bonds. The van der Waals surface area contributed by atoms with Crippen LogP contribution in [0.3, 0.4) is 0 Å². The van der Waals surface area contributed by atoms with E-state index in [1.807, 2.05) is 47.2 Å². The van der Waals surface area contributed by atoms with Crippen LogP contribution in [0.15, 0.2) is 53.5 Å². The fraction of sp³-hybridized carbons (Fsp3) is 0.381. The molecule has 1 aromatic carbocycles. The van der Waals surface area contributed by atoms with Gasteiger partial charge < -0.3 is 9.47 Å². The summed E-state index contributed by atoms with van der Waals surface area (Å²) in [5.74, 6) is 1.06. The molecule has 6 nitrogen and oxygen atoms in total. The number of hydrogen-bond donors (Lipinski definition) is 0. The van der Waals surface area contributed by atoms with Crippen molar-refractivity contribution in [3.63, 3.8) is 0 Å². The van der Waals surface area contributed by atoms with Gasteiger partial charge in [0.2, 0.25) is 0 Å². The molecule has 0 radical (unpaired) electrons. The van der Waals surface area contributed by atoms with Gasteiger partial charge in [0.1, 0.15) is 11.5 Å². The fourth-order valence-electron chi connectivity index (χ4n) is 3.74. The maximum atomic E-state index is 12.5. The lowest BCUT2D eigenvalue weighted by atomic mass is 10.2. The topological polar surface area (TPSA) is 54.3 Å². The summed E-state index contributed by atoms with van der Waals surface area (Å²) in [4.78, 5) is 26.2. The highest BCUT2D eigenvalue weighted by molar-refractivity contribution is 5.74. The molecule has 1 aliphatic rings. The third-order valence-corrected chi connectivity index (χ3v) is 5.22. The van der Waals surface area contributed by atoms with Crippen LogP contribution < -0.4 is 10.5 Å². The first kappa shape index (κ1) is 17.7. The van der Waals surface area contributed by atoms with Crippen LogP contribution in [0.4, 0.5) is 5.82 Å². The molecule has 0 saturated carbocycles. The molecule has 0 spiro atoms. The summed E-state index contributed by atoms with van der Waals surface area (Å²) in [6.07, 6.45) is 2.80. The third kappa shape index (κ3) is 3.85. The van der Waals surface area contributed by atoms with Gasteiger partial charge in [-0.05, 0) is 44.2 Å². The Bertz CT molecular complexity index is 961. The number of hydrogen-bond acceptors (Lipinski definition) is 5. The van der Waals surface area contributed by atoms with Crippen molar-refractivity contribution in [2.75, 3.05) is 37.6 Å². The summed E-state index contributed by atoms with van der Waals surface area (Å²) < 4.78 is 1.88. The van der Waals surface area contributed by atoms with Gasteiger partial charge in [0.05, 0.1) is 11.0 Å². The largest absolute Gasteiger partial charge is 0.354 e. The number of anilines is 1. The number of nitrogens with zero attached hydrogens (tertiary/aromatic N) is 5. The van der Waals surface area contributed by atoms with Crippen LogP contribution in [0.2, 0.25) is 0 Å². The molecule has 0 atom stereocenters. The number of piperazine rings is 1. The summed E-state index contributed by atoms with van der Waals surface area (Å²) in [5, 5.41) is 0. The van der Waals surface area contributed by atoms with Crippen molar-refractivity contribution in [3.05, 3.63) is 64.7 Å². The number of para-hydroxylation sites is 2. The molecule has 1 saturated heterocycles. The van der Waals surface area contributed by atoms with Crippen molar-refractivity contribution in [1.82, 2.24) is 19.4 Å². The van der Waals surface area contributed by atoms with E-state index in [1.165, 1.54) is 0 Å². The second-order valence-electron chi connectivity index (χ2n) is 7.01.